The van der Waals surface area contributed by atoms with E-state index >= 15 is 0 Å². The van der Waals surface area contributed by atoms with Gasteiger partial charge in [0.15, 0.2) is 0 Å². The number of anilines is 2. The van der Waals surface area contributed by atoms with E-state index in [1.165, 1.54) is 6.42 Å². The summed E-state index contributed by atoms with van der Waals surface area (Å²) in [7, 11) is 0. The van der Waals surface area contributed by atoms with Crippen molar-refractivity contribution in [3.8, 4) is 0 Å². The lowest BCUT2D eigenvalue weighted by Gasteiger charge is -2.31. The van der Waals surface area contributed by atoms with E-state index in [1.807, 2.05) is 35.2 Å². The number of carbonyl (C=O) groups excluding carboxylic acids is 1. The molecule has 0 aliphatic carbocycles. The first kappa shape index (κ1) is 16.0. The molecular weight excluding hydrogens is 354 g/mol. The number of amides is 1. The van der Waals surface area contributed by atoms with Crippen LogP contribution in [0.25, 0.3) is 0 Å². The largest absolute Gasteiger partial charge is 0.354 e. The molecule has 1 aromatic heterocycles. The van der Waals surface area contributed by atoms with Crippen LogP contribution in [0.5, 0.6) is 0 Å². The zero-order valence-corrected chi connectivity index (χ0v) is 14.7. The average molecular weight is 374 g/mol. The molecule has 0 radical (unpaired) electrons. The lowest BCUT2D eigenvalue weighted by atomic mass is 10.00. The number of benzene rings is 1. The second-order valence-electron chi connectivity index (χ2n) is 6.10. The van der Waals surface area contributed by atoms with Gasteiger partial charge in [-0.15, -0.1) is 0 Å². The Morgan fingerprint density at radius 3 is 2.96 bits per heavy atom. The molecule has 2 aromatic rings. The van der Waals surface area contributed by atoms with Crippen LogP contribution in [0.1, 0.15) is 30.1 Å². The van der Waals surface area contributed by atoms with E-state index in [2.05, 4.69) is 33.2 Å². The molecule has 0 spiro atoms. The van der Waals surface area contributed by atoms with Crippen molar-refractivity contribution in [1.82, 2.24) is 9.88 Å². The third-order valence-corrected chi connectivity index (χ3v) is 4.54. The maximum absolute atomic E-state index is 12.7. The van der Waals surface area contributed by atoms with E-state index < -0.39 is 0 Å². The van der Waals surface area contributed by atoms with Crippen molar-refractivity contribution in [3.05, 3.63) is 52.8 Å². The van der Waals surface area contributed by atoms with Gasteiger partial charge < -0.3 is 10.2 Å². The van der Waals surface area contributed by atoms with Crippen molar-refractivity contribution in [3.63, 3.8) is 0 Å². The van der Waals surface area contributed by atoms with Gasteiger partial charge in [-0.05, 0) is 43.0 Å². The summed E-state index contributed by atoms with van der Waals surface area (Å²) in [6.45, 7) is 3.87. The molecule has 1 aliphatic rings. The van der Waals surface area contributed by atoms with Crippen LogP contribution in [-0.2, 0) is 0 Å². The summed E-state index contributed by atoms with van der Waals surface area (Å²) in [6, 6.07) is 9.77. The fourth-order valence-corrected chi connectivity index (χ4v) is 3.31. The number of likely N-dealkylation sites (tertiary alicyclic amines) is 1. The maximum atomic E-state index is 12.7. The highest BCUT2D eigenvalue weighted by Crippen LogP contribution is 2.22. The molecule has 3 rings (SSSR count). The molecule has 5 heteroatoms. The number of nitrogens with one attached hydrogen (secondary N) is 1. The number of hydrogen-bond donors (Lipinski definition) is 1. The van der Waals surface area contributed by atoms with E-state index in [-0.39, 0.29) is 5.91 Å². The monoisotopic (exact) mass is 373 g/mol. The number of halogens is 1. The summed E-state index contributed by atoms with van der Waals surface area (Å²) >= 11 is 3.45. The standard InChI is InChI=1S/C18H20BrN3O/c1-13-4-3-7-22(12-13)18(23)14-8-17(11-20-10-14)21-16-6-2-5-15(19)9-16/h2,5-6,8-11,13,21H,3-4,7,12H2,1H3. The lowest BCUT2D eigenvalue weighted by Crippen LogP contribution is -2.39. The Kier molecular flexibility index (Phi) is 4.96. The number of nitrogens with zero attached hydrogens (tertiary/aromatic N) is 2. The minimum atomic E-state index is 0.0712. The van der Waals surface area contributed by atoms with Crippen molar-refractivity contribution in [2.45, 2.75) is 19.8 Å². The Balaban J connectivity index is 1.75. The molecule has 2 heterocycles. The summed E-state index contributed by atoms with van der Waals surface area (Å²) in [4.78, 5) is 18.8. The zero-order chi connectivity index (χ0) is 16.2. The van der Waals surface area contributed by atoms with Gasteiger partial charge in [-0.25, -0.2) is 0 Å². The van der Waals surface area contributed by atoms with Crippen molar-refractivity contribution in [1.29, 1.82) is 0 Å². The molecular formula is C18H20BrN3O. The molecule has 1 amide bonds. The molecule has 1 N–H and O–H groups in total. The van der Waals surface area contributed by atoms with Gasteiger partial charge in [0.05, 0.1) is 17.4 Å². The predicted molar refractivity (Wildman–Crippen MR) is 96.0 cm³/mol. The lowest BCUT2D eigenvalue weighted by molar-refractivity contribution is 0.0682. The first-order chi connectivity index (χ1) is 11.1. The zero-order valence-electron chi connectivity index (χ0n) is 13.1. The van der Waals surface area contributed by atoms with Gasteiger partial charge in [-0.1, -0.05) is 28.9 Å². The van der Waals surface area contributed by atoms with Gasteiger partial charge in [0.1, 0.15) is 0 Å². The Labute approximate surface area is 145 Å². The quantitative estimate of drug-likeness (QED) is 0.863. The highest BCUT2D eigenvalue weighted by molar-refractivity contribution is 9.10. The molecule has 4 nitrogen and oxygen atoms in total. The summed E-state index contributed by atoms with van der Waals surface area (Å²) in [5.41, 5.74) is 2.41. The van der Waals surface area contributed by atoms with Crippen molar-refractivity contribution < 1.29 is 4.79 Å². The Hall–Kier alpha value is -1.88. The summed E-state index contributed by atoms with van der Waals surface area (Å²) in [6.07, 6.45) is 5.66. The Bertz CT molecular complexity index is 704. The van der Waals surface area contributed by atoms with Crippen LogP contribution >= 0.6 is 15.9 Å². The molecule has 0 bridgehead atoms. The number of piperidine rings is 1. The minimum absolute atomic E-state index is 0.0712. The second kappa shape index (κ2) is 7.13. The Morgan fingerprint density at radius 1 is 1.30 bits per heavy atom. The third-order valence-electron chi connectivity index (χ3n) is 4.04. The third kappa shape index (κ3) is 4.10. The van der Waals surface area contributed by atoms with E-state index in [1.54, 1.807) is 12.4 Å². The first-order valence-electron chi connectivity index (χ1n) is 7.89. The highest BCUT2D eigenvalue weighted by atomic mass is 79.9. The van der Waals surface area contributed by atoms with Crippen LogP contribution < -0.4 is 5.32 Å². The van der Waals surface area contributed by atoms with Gasteiger partial charge in [-0.3, -0.25) is 9.78 Å². The van der Waals surface area contributed by atoms with Gasteiger partial charge >= 0.3 is 0 Å². The van der Waals surface area contributed by atoms with Gasteiger partial charge in [0.2, 0.25) is 0 Å². The van der Waals surface area contributed by atoms with Gasteiger partial charge in [-0.2, -0.15) is 0 Å². The van der Waals surface area contributed by atoms with E-state index in [0.29, 0.717) is 11.5 Å². The van der Waals surface area contributed by atoms with Crippen LogP contribution in [0.15, 0.2) is 47.2 Å². The SMILES string of the molecule is CC1CCCN(C(=O)c2cncc(Nc3cccc(Br)c3)c2)C1. The summed E-state index contributed by atoms with van der Waals surface area (Å²) in [5.74, 6) is 0.644. The van der Waals surface area contributed by atoms with Crippen LogP contribution in [0.2, 0.25) is 0 Å². The molecule has 1 aromatic carbocycles. The fraction of sp³-hybridized carbons (Fsp3) is 0.333. The normalized spacial score (nSPS) is 17.8. The van der Waals surface area contributed by atoms with Crippen molar-refractivity contribution in [2.75, 3.05) is 18.4 Å². The number of rotatable bonds is 3. The van der Waals surface area contributed by atoms with Crippen LogP contribution in [0.3, 0.4) is 0 Å². The molecule has 1 saturated heterocycles. The summed E-state index contributed by atoms with van der Waals surface area (Å²) < 4.78 is 1.00. The molecule has 1 unspecified atom stereocenters. The smallest absolute Gasteiger partial charge is 0.255 e. The number of hydrogen-bond acceptors (Lipinski definition) is 3. The molecule has 120 valence electrons. The molecule has 0 saturated carbocycles. The summed E-state index contributed by atoms with van der Waals surface area (Å²) in [5, 5.41) is 3.29. The molecule has 1 aliphatic heterocycles. The minimum Gasteiger partial charge on any atom is -0.354 e. The van der Waals surface area contributed by atoms with Crippen LogP contribution in [-0.4, -0.2) is 28.9 Å². The fourth-order valence-electron chi connectivity index (χ4n) is 2.91. The molecule has 23 heavy (non-hydrogen) atoms. The van der Waals surface area contributed by atoms with Gasteiger partial charge in [0, 0.05) is 29.4 Å². The molecule has 1 fully saturated rings. The van der Waals surface area contributed by atoms with E-state index in [9.17, 15) is 4.79 Å². The van der Waals surface area contributed by atoms with Crippen molar-refractivity contribution >= 4 is 33.2 Å². The van der Waals surface area contributed by atoms with Crippen LogP contribution in [0.4, 0.5) is 11.4 Å². The topological polar surface area (TPSA) is 45.2 Å². The maximum Gasteiger partial charge on any atom is 0.255 e. The predicted octanol–water partition coefficient (Wildman–Crippen LogP) is 4.46. The average Bonchev–Trinajstić information content (AvgIpc) is 2.54. The highest BCUT2D eigenvalue weighted by Gasteiger charge is 2.22. The first-order valence-corrected chi connectivity index (χ1v) is 8.68. The van der Waals surface area contributed by atoms with Gasteiger partial charge in [0.25, 0.3) is 5.91 Å². The number of pyridine rings is 1. The van der Waals surface area contributed by atoms with E-state index in [4.69, 9.17) is 0 Å². The van der Waals surface area contributed by atoms with E-state index in [0.717, 1.165) is 35.4 Å². The second-order valence-corrected chi connectivity index (χ2v) is 7.01. The Morgan fingerprint density at radius 2 is 2.17 bits per heavy atom. The number of aromatic nitrogens is 1. The molecule has 1 atom stereocenters. The van der Waals surface area contributed by atoms with Crippen LogP contribution in [0, 0.1) is 5.92 Å². The number of carbonyl (C=O) groups is 1. The van der Waals surface area contributed by atoms with Crippen molar-refractivity contribution in [2.24, 2.45) is 5.92 Å².